The summed E-state index contributed by atoms with van der Waals surface area (Å²) in [5.74, 6) is -0.0415. The van der Waals surface area contributed by atoms with Crippen LogP contribution in [0, 0.1) is 5.82 Å². The summed E-state index contributed by atoms with van der Waals surface area (Å²) in [6.45, 7) is 2.32. The minimum Gasteiger partial charge on any atom is -0.492 e. The third kappa shape index (κ3) is 3.61. The van der Waals surface area contributed by atoms with Crippen molar-refractivity contribution in [3.8, 4) is 5.75 Å². The van der Waals surface area contributed by atoms with E-state index >= 15 is 0 Å². The molecule has 0 aliphatic heterocycles. The molecule has 112 valence electrons. The van der Waals surface area contributed by atoms with E-state index in [2.05, 4.69) is 0 Å². The van der Waals surface area contributed by atoms with Gasteiger partial charge >= 0.3 is 0 Å². The Morgan fingerprint density at radius 2 is 1.81 bits per heavy atom. The largest absolute Gasteiger partial charge is 0.492 e. The highest BCUT2D eigenvalue weighted by atomic mass is 35.5. The Labute approximate surface area is 137 Å². The summed E-state index contributed by atoms with van der Waals surface area (Å²) in [7, 11) is 0. The SMILES string of the molecule is CCOc1cc(Cl)c(C(N)c2ccc(Cl)c(F)c2)cc1Cl. The smallest absolute Gasteiger partial charge is 0.142 e. The zero-order valence-corrected chi connectivity index (χ0v) is 13.4. The Hall–Kier alpha value is -1.00. The lowest BCUT2D eigenvalue weighted by Gasteiger charge is -2.17. The molecule has 0 amide bonds. The van der Waals surface area contributed by atoms with Crippen molar-refractivity contribution in [1.82, 2.24) is 0 Å². The topological polar surface area (TPSA) is 35.2 Å². The van der Waals surface area contributed by atoms with Crippen molar-refractivity contribution in [3.05, 3.63) is 62.3 Å². The maximum atomic E-state index is 13.5. The van der Waals surface area contributed by atoms with E-state index in [0.29, 0.717) is 33.5 Å². The molecule has 0 fully saturated rings. The first-order valence-electron chi connectivity index (χ1n) is 6.26. The number of nitrogens with two attached hydrogens (primary N) is 1. The lowest BCUT2D eigenvalue weighted by Crippen LogP contribution is -2.13. The van der Waals surface area contributed by atoms with E-state index < -0.39 is 11.9 Å². The van der Waals surface area contributed by atoms with Gasteiger partial charge in [-0.25, -0.2) is 4.39 Å². The molecule has 0 spiro atoms. The Kier molecular flexibility index (Phi) is 5.33. The lowest BCUT2D eigenvalue weighted by atomic mass is 9.99. The molecular weight excluding hydrogens is 336 g/mol. The van der Waals surface area contributed by atoms with Crippen LogP contribution in [-0.4, -0.2) is 6.61 Å². The Morgan fingerprint density at radius 1 is 1.10 bits per heavy atom. The van der Waals surface area contributed by atoms with Crippen molar-refractivity contribution in [2.75, 3.05) is 6.61 Å². The number of rotatable bonds is 4. The van der Waals surface area contributed by atoms with Gasteiger partial charge in [-0.1, -0.05) is 40.9 Å². The average molecular weight is 349 g/mol. The monoisotopic (exact) mass is 347 g/mol. The summed E-state index contributed by atoms with van der Waals surface area (Å²) in [6.07, 6.45) is 0. The summed E-state index contributed by atoms with van der Waals surface area (Å²) in [6, 6.07) is 7.01. The Bertz CT molecular complexity index is 664. The number of ether oxygens (including phenoxy) is 1. The molecule has 2 rings (SSSR count). The molecule has 0 aliphatic carbocycles. The van der Waals surface area contributed by atoms with E-state index in [4.69, 9.17) is 45.3 Å². The van der Waals surface area contributed by atoms with Gasteiger partial charge in [0.2, 0.25) is 0 Å². The van der Waals surface area contributed by atoms with Gasteiger partial charge in [0.25, 0.3) is 0 Å². The first-order chi connectivity index (χ1) is 9.93. The highest BCUT2D eigenvalue weighted by molar-refractivity contribution is 6.34. The van der Waals surface area contributed by atoms with E-state index in [-0.39, 0.29) is 5.02 Å². The van der Waals surface area contributed by atoms with Crippen molar-refractivity contribution < 1.29 is 9.13 Å². The molecular formula is C15H13Cl3FNO. The van der Waals surface area contributed by atoms with E-state index in [1.54, 1.807) is 18.2 Å². The molecule has 2 N–H and O–H groups in total. The first-order valence-corrected chi connectivity index (χ1v) is 7.39. The van der Waals surface area contributed by atoms with Crippen molar-refractivity contribution in [1.29, 1.82) is 0 Å². The summed E-state index contributed by atoms with van der Waals surface area (Å²) in [4.78, 5) is 0. The molecule has 6 heteroatoms. The van der Waals surface area contributed by atoms with Gasteiger partial charge in [0.05, 0.1) is 22.7 Å². The predicted octanol–water partition coefficient (Wildman–Crippen LogP) is 5.23. The molecule has 0 aliphatic rings. The lowest BCUT2D eigenvalue weighted by molar-refractivity contribution is 0.340. The van der Waals surface area contributed by atoms with Crippen LogP contribution in [0.4, 0.5) is 4.39 Å². The third-order valence-electron chi connectivity index (χ3n) is 2.99. The maximum absolute atomic E-state index is 13.5. The van der Waals surface area contributed by atoms with Crippen LogP contribution < -0.4 is 10.5 Å². The standard InChI is InChI=1S/C15H13Cl3FNO/c1-2-21-14-7-11(17)9(6-12(14)18)15(20)8-3-4-10(16)13(19)5-8/h3-7,15H,2,20H2,1H3. The molecule has 1 unspecified atom stereocenters. The van der Waals surface area contributed by atoms with E-state index in [1.807, 2.05) is 6.92 Å². The fourth-order valence-corrected chi connectivity index (χ4v) is 2.55. The van der Waals surface area contributed by atoms with Gasteiger partial charge in [-0.2, -0.15) is 0 Å². The molecule has 2 nitrogen and oxygen atoms in total. The van der Waals surface area contributed by atoms with Crippen LogP contribution in [0.25, 0.3) is 0 Å². The molecule has 0 bridgehead atoms. The zero-order chi connectivity index (χ0) is 15.6. The fourth-order valence-electron chi connectivity index (χ4n) is 1.93. The van der Waals surface area contributed by atoms with Gasteiger partial charge in [0.1, 0.15) is 11.6 Å². The molecule has 1 atom stereocenters. The quantitative estimate of drug-likeness (QED) is 0.821. The van der Waals surface area contributed by atoms with Crippen LogP contribution in [-0.2, 0) is 0 Å². The van der Waals surface area contributed by atoms with Gasteiger partial charge < -0.3 is 10.5 Å². The summed E-state index contributed by atoms with van der Waals surface area (Å²) in [5, 5.41) is 0.855. The number of benzene rings is 2. The van der Waals surface area contributed by atoms with Gasteiger partial charge in [-0.3, -0.25) is 0 Å². The third-order valence-corrected chi connectivity index (χ3v) is 3.92. The zero-order valence-electron chi connectivity index (χ0n) is 11.2. The van der Waals surface area contributed by atoms with E-state index in [9.17, 15) is 4.39 Å². The highest BCUT2D eigenvalue weighted by Gasteiger charge is 2.17. The van der Waals surface area contributed by atoms with Crippen LogP contribution in [0.15, 0.2) is 30.3 Å². The van der Waals surface area contributed by atoms with Crippen molar-refractivity contribution in [2.45, 2.75) is 13.0 Å². The van der Waals surface area contributed by atoms with Gasteiger partial charge in [-0.15, -0.1) is 0 Å². The molecule has 21 heavy (non-hydrogen) atoms. The van der Waals surface area contributed by atoms with Crippen LogP contribution >= 0.6 is 34.8 Å². The van der Waals surface area contributed by atoms with Gasteiger partial charge in [-0.05, 0) is 36.2 Å². The number of halogens is 4. The molecule has 0 heterocycles. The van der Waals surface area contributed by atoms with E-state index in [0.717, 1.165) is 0 Å². The predicted molar refractivity (Wildman–Crippen MR) is 85.1 cm³/mol. The summed E-state index contributed by atoms with van der Waals surface area (Å²) in [5.41, 5.74) is 7.28. The molecule has 0 saturated carbocycles. The molecule has 0 radical (unpaired) electrons. The van der Waals surface area contributed by atoms with Gasteiger partial charge in [0, 0.05) is 11.1 Å². The second-order valence-corrected chi connectivity index (χ2v) is 5.61. The minimum atomic E-state index is -0.613. The van der Waals surface area contributed by atoms with Crippen molar-refractivity contribution in [3.63, 3.8) is 0 Å². The van der Waals surface area contributed by atoms with Crippen molar-refractivity contribution >= 4 is 34.8 Å². The van der Waals surface area contributed by atoms with Crippen molar-refractivity contribution in [2.24, 2.45) is 5.73 Å². The molecule has 0 saturated heterocycles. The maximum Gasteiger partial charge on any atom is 0.142 e. The Morgan fingerprint density at radius 3 is 2.43 bits per heavy atom. The molecule has 0 aromatic heterocycles. The average Bonchev–Trinajstić information content (AvgIpc) is 2.45. The number of hydrogen-bond donors (Lipinski definition) is 1. The minimum absolute atomic E-state index is 0.0433. The van der Waals surface area contributed by atoms with E-state index in [1.165, 1.54) is 12.1 Å². The summed E-state index contributed by atoms with van der Waals surface area (Å²) < 4.78 is 18.9. The Balaban J connectivity index is 2.40. The fraction of sp³-hybridized carbons (Fsp3) is 0.200. The molecule has 2 aromatic rings. The second-order valence-electron chi connectivity index (χ2n) is 4.39. The van der Waals surface area contributed by atoms with Crippen LogP contribution in [0.2, 0.25) is 15.1 Å². The van der Waals surface area contributed by atoms with Gasteiger partial charge in [0.15, 0.2) is 0 Å². The van der Waals surface area contributed by atoms with Crippen LogP contribution in [0.3, 0.4) is 0 Å². The van der Waals surface area contributed by atoms with Crippen LogP contribution in [0.5, 0.6) is 5.75 Å². The normalized spacial score (nSPS) is 12.3. The number of hydrogen-bond acceptors (Lipinski definition) is 2. The summed E-state index contributed by atoms with van der Waals surface area (Å²) >= 11 is 18.0. The first kappa shape index (κ1) is 16.4. The second kappa shape index (κ2) is 6.84. The molecule has 2 aromatic carbocycles. The van der Waals surface area contributed by atoms with Crippen LogP contribution in [0.1, 0.15) is 24.1 Å². The highest BCUT2D eigenvalue weighted by Crippen LogP contribution is 2.36.